The summed E-state index contributed by atoms with van der Waals surface area (Å²) in [7, 11) is 0. The van der Waals surface area contributed by atoms with E-state index >= 15 is 0 Å². The number of primary amides is 1. The molecule has 136 valence electrons. The zero-order valence-electron chi connectivity index (χ0n) is 15.1. The van der Waals surface area contributed by atoms with E-state index < -0.39 is 11.3 Å². The minimum Gasteiger partial charge on any atom is -0.369 e. The van der Waals surface area contributed by atoms with Crippen LogP contribution in [0.1, 0.15) is 27.2 Å². The zero-order chi connectivity index (χ0) is 18.4. The second kappa shape index (κ2) is 8.00. The van der Waals surface area contributed by atoms with E-state index in [4.69, 9.17) is 5.73 Å². The molecule has 1 aromatic carbocycles. The summed E-state index contributed by atoms with van der Waals surface area (Å²) in [5, 5.41) is 6.43. The highest BCUT2D eigenvalue weighted by molar-refractivity contribution is 5.97. The molecular weight excluding hydrogens is 318 g/mol. The van der Waals surface area contributed by atoms with Crippen LogP contribution in [-0.2, 0) is 9.59 Å². The van der Waals surface area contributed by atoms with Crippen LogP contribution in [0.4, 0.5) is 5.69 Å². The number of hydrogen-bond acceptors (Lipinski definition) is 3. The van der Waals surface area contributed by atoms with Crippen molar-refractivity contribution in [2.75, 3.05) is 24.5 Å². The highest BCUT2D eigenvalue weighted by Gasteiger charge is 2.31. The minimum atomic E-state index is -0.718. The number of carbonyl (C=O) groups is 2. The van der Waals surface area contributed by atoms with Crippen molar-refractivity contribution in [2.24, 2.45) is 16.1 Å². The van der Waals surface area contributed by atoms with Gasteiger partial charge in [0.1, 0.15) is 0 Å². The molecule has 0 radical (unpaired) electrons. The number of nitrogens with two attached hydrogens (primary N) is 1. The number of aliphatic imine (C=N–C) groups is 1. The second-order valence-electron chi connectivity index (χ2n) is 6.83. The molecule has 1 fully saturated rings. The Morgan fingerprint density at radius 3 is 2.64 bits per heavy atom. The molecule has 0 saturated carbocycles. The first-order valence-corrected chi connectivity index (χ1v) is 8.53. The molecule has 1 aliphatic rings. The maximum absolute atomic E-state index is 12.3. The van der Waals surface area contributed by atoms with E-state index in [1.165, 1.54) is 0 Å². The second-order valence-corrected chi connectivity index (χ2v) is 6.83. The summed E-state index contributed by atoms with van der Waals surface area (Å²) in [5.41, 5.74) is 5.57. The number of hydrogen-bond donors (Lipinski definition) is 3. The summed E-state index contributed by atoms with van der Waals surface area (Å²) in [4.78, 5) is 30.0. The fraction of sp³-hybridized carbons (Fsp3) is 0.500. The smallest absolute Gasteiger partial charge is 0.229 e. The summed E-state index contributed by atoms with van der Waals surface area (Å²) in [6, 6.07) is 9.57. The molecule has 1 saturated heterocycles. The highest BCUT2D eigenvalue weighted by Crippen LogP contribution is 2.21. The van der Waals surface area contributed by atoms with Crippen LogP contribution in [0.15, 0.2) is 35.3 Å². The predicted molar refractivity (Wildman–Crippen MR) is 99.3 cm³/mol. The maximum Gasteiger partial charge on any atom is 0.229 e. The van der Waals surface area contributed by atoms with Crippen molar-refractivity contribution in [1.29, 1.82) is 0 Å². The number of nitrogens with one attached hydrogen (secondary N) is 2. The SMILES string of the molecule is CCNC(=NCC(C)(C)C(N)=O)NC1CC(=O)N(c2ccccc2)C1. The fourth-order valence-electron chi connectivity index (χ4n) is 2.53. The molecule has 0 spiro atoms. The van der Waals surface area contributed by atoms with Gasteiger partial charge in [-0.05, 0) is 32.9 Å². The number of anilines is 1. The number of carbonyl (C=O) groups excluding carboxylic acids is 2. The van der Waals surface area contributed by atoms with Crippen molar-refractivity contribution in [2.45, 2.75) is 33.2 Å². The summed E-state index contributed by atoms with van der Waals surface area (Å²) in [6.07, 6.45) is 0.401. The van der Waals surface area contributed by atoms with Crippen LogP contribution in [0, 0.1) is 5.41 Å². The Kier molecular flexibility index (Phi) is 6.01. The van der Waals surface area contributed by atoms with Crippen LogP contribution < -0.4 is 21.3 Å². The Morgan fingerprint density at radius 2 is 2.04 bits per heavy atom. The average Bonchev–Trinajstić information content (AvgIpc) is 2.94. The molecule has 1 aromatic rings. The summed E-state index contributed by atoms with van der Waals surface area (Å²) in [5.74, 6) is 0.278. The van der Waals surface area contributed by atoms with Crippen LogP contribution in [0.3, 0.4) is 0 Å². The van der Waals surface area contributed by atoms with Gasteiger partial charge in [0.2, 0.25) is 11.8 Å². The number of benzene rings is 1. The van der Waals surface area contributed by atoms with Gasteiger partial charge in [0.05, 0.1) is 18.0 Å². The Bertz CT molecular complexity index is 642. The number of para-hydroxylation sites is 1. The minimum absolute atomic E-state index is 0.0396. The highest BCUT2D eigenvalue weighted by atomic mass is 16.2. The van der Waals surface area contributed by atoms with E-state index in [1.54, 1.807) is 18.7 Å². The lowest BCUT2D eigenvalue weighted by Crippen LogP contribution is -2.45. The van der Waals surface area contributed by atoms with Crippen LogP contribution in [-0.4, -0.2) is 43.5 Å². The first-order chi connectivity index (χ1) is 11.8. The molecule has 2 amide bonds. The first-order valence-electron chi connectivity index (χ1n) is 8.53. The van der Waals surface area contributed by atoms with Crippen molar-refractivity contribution < 1.29 is 9.59 Å². The molecule has 0 bridgehead atoms. The molecule has 4 N–H and O–H groups in total. The molecule has 7 heteroatoms. The monoisotopic (exact) mass is 345 g/mol. The number of nitrogens with zero attached hydrogens (tertiary/aromatic N) is 2. The molecule has 0 aromatic heterocycles. The topological polar surface area (TPSA) is 99.8 Å². The van der Waals surface area contributed by atoms with Crippen molar-refractivity contribution in [3.63, 3.8) is 0 Å². The maximum atomic E-state index is 12.3. The van der Waals surface area contributed by atoms with Gasteiger partial charge in [-0.1, -0.05) is 18.2 Å². The number of amides is 2. The van der Waals surface area contributed by atoms with Crippen molar-refractivity contribution >= 4 is 23.5 Å². The largest absolute Gasteiger partial charge is 0.369 e. The Labute approximate surface area is 148 Å². The third kappa shape index (κ3) is 4.95. The lowest BCUT2D eigenvalue weighted by atomic mass is 9.93. The van der Waals surface area contributed by atoms with E-state index in [1.807, 2.05) is 37.3 Å². The Balaban J connectivity index is 2.03. The molecule has 2 rings (SSSR count). The van der Waals surface area contributed by atoms with Crippen LogP contribution in [0.25, 0.3) is 0 Å². The Morgan fingerprint density at radius 1 is 1.36 bits per heavy atom. The van der Waals surface area contributed by atoms with E-state index in [0.717, 1.165) is 5.69 Å². The van der Waals surface area contributed by atoms with Gasteiger partial charge >= 0.3 is 0 Å². The predicted octanol–water partition coefficient (Wildman–Crippen LogP) is 0.859. The molecule has 25 heavy (non-hydrogen) atoms. The summed E-state index contributed by atoms with van der Waals surface area (Å²) >= 11 is 0. The van der Waals surface area contributed by atoms with Crippen LogP contribution >= 0.6 is 0 Å². The van der Waals surface area contributed by atoms with Gasteiger partial charge in [0, 0.05) is 25.2 Å². The third-order valence-corrected chi connectivity index (χ3v) is 4.18. The molecule has 0 aliphatic carbocycles. The zero-order valence-corrected chi connectivity index (χ0v) is 15.1. The van der Waals surface area contributed by atoms with Crippen LogP contribution in [0.2, 0.25) is 0 Å². The standard InChI is InChI=1S/C18H27N5O2/c1-4-20-17(21-12-18(2,3)16(19)25)22-13-10-15(24)23(11-13)14-8-6-5-7-9-14/h5-9,13H,4,10-12H2,1-3H3,(H2,19,25)(H2,20,21,22). The lowest BCUT2D eigenvalue weighted by molar-refractivity contribution is -0.125. The average molecular weight is 345 g/mol. The van der Waals surface area contributed by atoms with Crippen LogP contribution in [0.5, 0.6) is 0 Å². The van der Waals surface area contributed by atoms with Crippen molar-refractivity contribution in [3.8, 4) is 0 Å². The van der Waals surface area contributed by atoms with Crippen molar-refractivity contribution in [3.05, 3.63) is 30.3 Å². The van der Waals surface area contributed by atoms with E-state index in [0.29, 0.717) is 25.5 Å². The van der Waals surface area contributed by atoms with Gasteiger partial charge in [-0.15, -0.1) is 0 Å². The molecule has 1 unspecified atom stereocenters. The van der Waals surface area contributed by atoms with Gasteiger partial charge in [-0.2, -0.15) is 0 Å². The summed E-state index contributed by atoms with van der Waals surface area (Å²) in [6.45, 7) is 7.03. The third-order valence-electron chi connectivity index (χ3n) is 4.18. The van der Waals surface area contributed by atoms with Gasteiger partial charge in [-0.3, -0.25) is 14.6 Å². The molecular formula is C18H27N5O2. The Hall–Kier alpha value is -2.57. The normalized spacial score (nSPS) is 18.4. The molecule has 1 atom stereocenters. The van der Waals surface area contributed by atoms with Gasteiger partial charge in [0.15, 0.2) is 5.96 Å². The summed E-state index contributed by atoms with van der Waals surface area (Å²) < 4.78 is 0. The number of guanidine groups is 1. The molecule has 1 heterocycles. The van der Waals surface area contributed by atoms with E-state index in [-0.39, 0.29) is 18.5 Å². The van der Waals surface area contributed by atoms with E-state index in [9.17, 15) is 9.59 Å². The number of rotatable bonds is 6. The molecule has 7 nitrogen and oxygen atoms in total. The molecule has 1 aliphatic heterocycles. The first kappa shape index (κ1) is 18.8. The lowest BCUT2D eigenvalue weighted by Gasteiger charge is -2.21. The van der Waals surface area contributed by atoms with Gasteiger partial charge in [0.25, 0.3) is 0 Å². The van der Waals surface area contributed by atoms with Gasteiger partial charge < -0.3 is 21.3 Å². The van der Waals surface area contributed by atoms with Crippen molar-refractivity contribution in [1.82, 2.24) is 10.6 Å². The van der Waals surface area contributed by atoms with Gasteiger partial charge in [-0.25, -0.2) is 0 Å². The van der Waals surface area contributed by atoms with E-state index in [2.05, 4.69) is 15.6 Å². The quantitative estimate of drug-likeness (QED) is 0.526. The fourth-order valence-corrected chi connectivity index (χ4v) is 2.53.